The first kappa shape index (κ1) is 11.5. The van der Waals surface area contributed by atoms with Crippen molar-refractivity contribution in [3.05, 3.63) is 34.9 Å². The standard InChI is InChI=1S/C12H17ClO/c1-2-3-5-11(9-14)10-6-4-7-12(13)8-10/h4,6-8,11,14H,2-3,5,9H2,1H3. The number of aliphatic hydroxyl groups excluding tert-OH is 1. The molecule has 1 rings (SSSR count). The maximum Gasteiger partial charge on any atom is 0.0499 e. The minimum absolute atomic E-state index is 0.209. The molecule has 0 saturated carbocycles. The van der Waals surface area contributed by atoms with Gasteiger partial charge in [-0.3, -0.25) is 0 Å². The maximum atomic E-state index is 9.25. The van der Waals surface area contributed by atoms with E-state index in [0.29, 0.717) is 0 Å². The largest absolute Gasteiger partial charge is 0.396 e. The summed E-state index contributed by atoms with van der Waals surface area (Å²) in [5.41, 5.74) is 1.15. The van der Waals surface area contributed by atoms with E-state index in [9.17, 15) is 5.11 Å². The van der Waals surface area contributed by atoms with Gasteiger partial charge in [0.25, 0.3) is 0 Å². The highest BCUT2D eigenvalue weighted by Gasteiger charge is 2.09. The minimum atomic E-state index is 0.209. The molecule has 0 fully saturated rings. The van der Waals surface area contributed by atoms with Crippen LogP contribution in [0.1, 0.15) is 37.7 Å². The van der Waals surface area contributed by atoms with Crippen molar-refractivity contribution in [2.75, 3.05) is 6.61 Å². The fraction of sp³-hybridized carbons (Fsp3) is 0.500. The van der Waals surface area contributed by atoms with Gasteiger partial charge < -0.3 is 5.11 Å². The Hall–Kier alpha value is -0.530. The minimum Gasteiger partial charge on any atom is -0.396 e. The predicted octanol–water partition coefficient (Wildman–Crippen LogP) is 3.61. The maximum absolute atomic E-state index is 9.25. The third-order valence-corrected chi connectivity index (χ3v) is 2.68. The Morgan fingerprint density at radius 1 is 1.43 bits per heavy atom. The first-order valence-corrected chi connectivity index (χ1v) is 5.52. The first-order valence-electron chi connectivity index (χ1n) is 5.14. The molecule has 2 heteroatoms. The van der Waals surface area contributed by atoms with E-state index in [1.54, 1.807) is 0 Å². The van der Waals surface area contributed by atoms with Crippen molar-refractivity contribution >= 4 is 11.6 Å². The molecule has 1 aromatic carbocycles. The zero-order valence-electron chi connectivity index (χ0n) is 8.54. The van der Waals surface area contributed by atoms with E-state index in [0.717, 1.165) is 29.8 Å². The molecule has 0 aliphatic heterocycles. The molecule has 0 aromatic heterocycles. The first-order chi connectivity index (χ1) is 6.77. The lowest BCUT2D eigenvalue weighted by Gasteiger charge is -2.14. The summed E-state index contributed by atoms with van der Waals surface area (Å²) in [4.78, 5) is 0. The van der Waals surface area contributed by atoms with E-state index in [2.05, 4.69) is 6.92 Å². The quantitative estimate of drug-likeness (QED) is 0.791. The summed E-state index contributed by atoms with van der Waals surface area (Å²) in [6, 6.07) is 7.77. The van der Waals surface area contributed by atoms with Crippen molar-refractivity contribution < 1.29 is 5.11 Å². The Morgan fingerprint density at radius 3 is 2.79 bits per heavy atom. The van der Waals surface area contributed by atoms with Crippen LogP contribution in [0.5, 0.6) is 0 Å². The molecule has 1 unspecified atom stereocenters. The number of unbranched alkanes of at least 4 members (excludes halogenated alkanes) is 1. The molecule has 0 saturated heterocycles. The Balaban J connectivity index is 2.68. The second kappa shape index (κ2) is 6.05. The van der Waals surface area contributed by atoms with Gasteiger partial charge >= 0.3 is 0 Å². The summed E-state index contributed by atoms with van der Waals surface area (Å²) >= 11 is 5.90. The molecule has 0 heterocycles. The highest BCUT2D eigenvalue weighted by molar-refractivity contribution is 6.30. The van der Waals surface area contributed by atoms with Gasteiger partial charge in [-0.1, -0.05) is 43.5 Å². The van der Waals surface area contributed by atoms with E-state index in [-0.39, 0.29) is 12.5 Å². The van der Waals surface area contributed by atoms with Crippen molar-refractivity contribution in [3.8, 4) is 0 Å². The third kappa shape index (κ3) is 3.32. The van der Waals surface area contributed by atoms with Gasteiger partial charge in [0.15, 0.2) is 0 Å². The topological polar surface area (TPSA) is 20.2 Å². The molecule has 1 atom stereocenters. The normalized spacial score (nSPS) is 12.8. The number of hydrogen-bond acceptors (Lipinski definition) is 1. The average molecular weight is 213 g/mol. The summed E-state index contributed by atoms with van der Waals surface area (Å²) in [6.45, 7) is 2.37. The Labute approximate surface area is 90.7 Å². The predicted molar refractivity (Wildman–Crippen MR) is 60.8 cm³/mol. The molecule has 0 bridgehead atoms. The van der Waals surface area contributed by atoms with Crippen LogP contribution in [0.2, 0.25) is 5.02 Å². The summed E-state index contributed by atoms with van der Waals surface area (Å²) in [5, 5.41) is 10.0. The van der Waals surface area contributed by atoms with Crippen LogP contribution < -0.4 is 0 Å². The second-order valence-electron chi connectivity index (χ2n) is 3.58. The molecule has 14 heavy (non-hydrogen) atoms. The number of aliphatic hydroxyl groups is 1. The SMILES string of the molecule is CCCCC(CO)c1cccc(Cl)c1. The monoisotopic (exact) mass is 212 g/mol. The number of rotatable bonds is 5. The Morgan fingerprint density at radius 2 is 2.21 bits per heavy atom. The summed E-state index contributed by atoms with van der Waals surface area (Å²) in [7, 11) is 0. The van der Waals surface area contributed by atoms with Gasteiger partial charge in [-0.15, -0.1) is 0 Å². The second-order valence-corrected chi connectivity index (χ2v) is 4.01. The molecular weight excluding hydrogens is 196 g/mol. The van der Waals surface area contributed by atoms with Crippen molar-refractivity contribution in [3.63, 3.8) is 0 Å². The van der Waals surface area contributed by atoms with Gasteiger partial charge in [-0.25, -0.2) is 0 Å². The molecule has 1 nitrogen and oxygen atoms in total. The molecule has 0 aliphatic carbocycles. The van der Waals surface area contributed by atoms with Crippen LogP contribution in [0.4, 0.5) is 0 Å². The van der Waals surface area contributed by atoms with Gasteiger partial charge in [-0.2, -0.15) is 0 Å². The molecule has 0 amide bonds. The van der Waals surface area contributed by atoms with Crippen molar-refractivity contribution in [2.24, 2.45) is 0 Å². The molecule has 1 N–H and O–H groups in total. The average Bonchev–Trinajstić information content (AvgIpc) is 2.19. The van der Waals surface area contributed by atoms with Crippen molar-refractivity contribution in [1.82, 2.24) is 0 Å². The van der Waals surface area contributed by atoms with Crippen LogP contribution in [0.15, 0.2) is 24.3 Å². The molecule has 78 valence electrons. The lowest BCUT2D eigenvalue weighted by Crippen LogP contribution is -2.03. The third-order valence-electron chi connectivity index (χ3n) is 2.45. The van der Waals surface area contributed by atoms with Crippen LogP contribution in [-0.4, -0.2) is 11.7 Å². The van der Waals surface area contributed by atoms with Gasteiger partial charge in [-0.05, 0) is 24.1 Å². The van der Waals surface area contributed by atoms with Crippen molar-refractivity contribution in [2.45, 2.75) is 32.1 Å². The zero-order chi connectivity index (χ0) is 10.4. The van der Waals surface area contributed by atoms with Crippen LogP contribution in [-0.2, 0) is 0 Å². The highest BCUT2D eigenvalue weighted by Crippen LogP contribution is 2.23. The van der Waals surface area contributed by atoms with Gasteiger partial charge in [0.2, 0.25) is 0 Å². The van der Waals surface area contributed by atoms with Crippen LogP contribution >= 0.6 is 11.6 Å². The molecule has 0 radical (unpaired) electrons. The Kier molecular flexibility index (Phi) is 4.99. The number of benzene rings is 1. The van der Waals surface area contributed by atoms with E-state index in [1.165, 1.54) is 0 Å². The van der Waals surface area contributed by atoms with Gasteiger partial charge in [0.1, 0.15) is 0 Å². The summed E-state index contributed by atoms with van der Waals surface area (Å²) in [6.07, 6.45) is 3.35. The van der Waals surface area contributed by atoms with Crippen LogP contribution in [0, 0.1) is 0 Å². The zero-order valence-corrected chi connectivity index (χ0v) is 9.30. The fourth-order valence-corrected chi connectivity index (χ4v) is 1.77. The Bertz CT molecular complexity index is 273. The van der Waals surface area contributed by atoms with E-state index >= 15 is 0 Å². The fourth-order valence-electron chi connectivity index (χ4n) is 1.57. The van der Waals surface area contributed by atoms with Crippen molar-refractivity contribution in [1.29, 1.82) is 0 Å². The molecule has 0 aliphatic rings. The summed E-state index contributed by atoms with van der Waals surface area (Å²) < 4.78 is 0. The molecule has 0 spiro atoms. The van der Waals surface area contributed by atoms with E-state index in [4.69, 9.17) is 11.6 Å². The lowest BCUT2D eigenvalue weighted by atomic mass is 9.94. The lowest BCUT2D eigenvalue weighted by molar-refractivity contribution is 0.257. The van der Waals surface area contributed by atoms with Gasteiger partial charge in [0, 0.05) is 17.5 Å². The molecular formula is C12H17ClO. The van der Waals surface area contributed by atoms with Crippen LogP contribution in [0.25, 0.3) is 0 Å². The smallest absolute Gasteiger partial charge is 0.0499 e. The van der Waals surface area contributed by atoms with E-state index < -0.39 is 0 Å². The van der Waals surface area contributed by atoms with Crippen LogP contribution in [0.3, 0.4) is 0 Å². The highest BCUT2D eigenvalue weighted by atomic mass is 35.5. The van der Waals surface area contributed by atoms with E-state index in [1.807, 2.05) is 24.3 Å². The molecule has 1 aromatic rings. The number of hydrogen-bond donors (Lipinski definition) is 1. The summed E-state index contributed by atoms with van der Waals surface area (Å²) in [5.74, 6) is 0.244. The number of halogens is 1. The van der Waals surface area contributed by atoms with Gasteiger partial charge in [0.05, 0.1) is 0 Å².